The third kappa shape index (κ3) is 5.17. The number of anilines is 2. The van der Waals surface area contributed by atoms with E-state index in [4.69, 9.17) is 4.74 Å². The summed E-state index contributed by atoms with van der Waals surface area (Å²) in [5, 5.41) is 2.75. The topological polar surface area (TPSA) is 75.7 Å². The molecule has 0 aliphatic heterocycles. The summed E-state index contributed by atoms with van der Waals surface area (Å²) in [6, 6.07) is 13.8. The highest BCUT2D eigenvalue weighted by atomic mass is 16.5. The van der Waals surface area contributed by atoms with E-state index >= 15 is 0 Å². The predicted molar refractivity (Wildman–Crippen MR) is 101 cm³/mol. The summed E-state index contributed by atoms with van der Waals surface area (Å²) in [4.78, 5) is 37.1. The molecule has 0 unspecified atom stereocenters. The normalized spacial score (nSPS) is 10.1. The van der Waals surface area contributed by atoms with E-state index in [9.17, 15) is 14.4 Å². The van der Waals surface area contributed by atoms with Gasteiger partial charge in [-0.15, -0.1) is 0 Å². The number of carbonyl (C=O) groups excluding carboxylic acids is 3. The van der Waals surface area contributed by atoms with Gasteiger partial charge in [-0.05, 0) is 43.3 Å². The number of hydrogen-bond acceptors (Lipinski definition) is 4. The van der Waals surface area contributed by atoms with Crippen LogP contribution in [0.2, 0.25) is 0 Å². The standard InChI is InChI=1S/C20H22N2O4/c1-14(23)16-5-4-6-17(13-16)21-20(25)11-12-22(15(2)24)18-7-9-19(26-3)10-8-18/h4-10,13H,11-12H2,1-3H3,(H,21,25). The Balaban J connectivity index is 1.99. The van der Waals surface area contributed by atoms with Crippen LogP contribution in [-0.2, 0) is 9.59 Å². The lowest BCUT2D eigenvalue weighted by atomic mass is 10.1. The Labute approximate surface area is 152 Å². The SMILES string of the molecule is COc1ccc(N(CCC(=O)Nc2cccc(C(C)=O)c2)C(C)=O)cc1. The van der Waals surface area contributed by atoms with Gasteiger partial charge in [-0.25, -0.2) is 0 Å². The second kappa shape index (κ2) is 8.80. The van der Waals surface area contributed by atoms with Crippen molar-refractivity contribution in [3.63, 3.8) is 0 Å². The van der Waals surface area contributed by atoms with Crippen molar-refractivity contribution in [2.75, 3.05) is 23.9 Å². The van der Waals surface area contributed by atoms with Crippen LogP contribution in [0, 0.1) is 0 Å². The van der Waals surface area contributed by atoms with E-state index < -0.39 is 0 Å². The number of benzene rings is 2. The molecule has 0 aromatic heterocycles. The van der Waals surface area contributed by atoms with Crippen LogP contribution >= 0.6 is 0 Å². The van der Waals surface area contributed by atoms with Crippen molar-refractivity contribution in [2.45, 2.75) is 20.3 Å². The maximum atomic E-state index is 12.2. The molecule has 0 aliphatic rings. The molecule has 2 aromatic rings. The van der Waals surface area contributed by atoms with Gasteiger partial charge in [0.1, 0.15) is 5.75 Å². The molecule has 0 fully saturated rings. The Morgan fingerprint density at radius 1 is 1.04 bits per heavy atom. The van der Waals surface area contributed by atoms with Crippen molar-refractivity contribution < 1.29 is 19.1 Å². The maximum Gasteiger partial charge on any atom is 0.226 e. The molecule has 2 rings (SSSR count). The minimum absolute atomic E-state index is 0.0663. The molecule has 1 N–H and O–H groups in total. The zero-order chi connectivity index (χ0) is 19.1. The van der Waals surface area contributed by atoms with Gasteiger partial charge in [-0.3, -0.25) is 14.4 Å². The Kier molecular flexibility index (Phi) is 6.49. The van der Waals surface area contributed by atoms with Crippen molar-refractivity contribution in [3.8, 4) is 5.75 Å². The minimum Gasteiger partial charge on any atom is -0.497 e. The number of amides is 2. The third-order valence-electron chi connectivity index (χ3n) is 3.88. The summed E-state index contributed by atoms with van der Waals surface area (Å²) in [6.07, 6.45) is 0.135. The molecule has 0 radical (unpaired) electrons. The Hall–Kier alpha value is -3.15. The minimum atomic E-state index is -0.231. The van der Waals surface area contributed by atoms with Crippen molar-refractivity contribution in [3.05, 3.63) is 54.1 Å². The Morgan fingerprint density at radius 2 is 1.73 bits per heavy atom. The van der Waals surface area contributed by atoms with E-state index in [1.807, 2.05) is 0 Å². The maximum absolute atomic E-state index is 12.2. The number of ketones is 1. The molecule has 0 atom stereocenters. The molecule has 136 valence electrons. The van der Waals surface area contributed by atoms with E-state index in [0.29, 0.717) is 22.7 Å². The molecule has 0 aliphatic carbocycles. The quantitative estimate of drug-likeness (QED) is 0.774. The average molecular weight is 354 g/mol. The number of methoxy groups -OCH3 is 1. The van der Waals surface area contributed by atoms with Crippen LogP contribution in [0.25, 0.3) is 0 Å². The molecular weight excluding hydrogens is 332 g/mol. The van der Waals surface area contributed by atoms with Crippen molar-refractivity contribution >= 4 is 29.0 Å². The van der Waals surface area contributed by atoms with E-state index in [-0.39, 0.29) is 30.6 Å². The first-order valence-electron chi connectivity index (χ1n) is 8.23. The van der Waals surface area contributed by atoms with E-state index in [1.165, 1.54) is 18.7 Å². The molecule has 2 aromatic carbocycles. The van der Waals surface area contributed by atoms with Crippen LogP contribution in [0.3, 0.4) is 0 Å². The molecule has 2 amide bonds. The first kappa shape index (κ1) is 19.2. The molecule has 0 heterocycles. The number of Topliss-reactive ketones (excluding diaryl/α,β-unsaturated/α-hetero) is 1. The van der Waals surface area contributed by atoms with Crippen LogP contribution in [0.15, 0.2) is 48.5 Å². The van der Waals surface area contributed by atoms with Crippen LogP contribution in [0.4, 0.5) is 11.4 Å². The fourth-order valence-corrected chi connectivity index (χ4v) is 2.48. The highest BCUT2D eigenvalue weighted by molar-refractivity contribution is 5.97. The van der Waals surface area contributed by atoms with E-state index in [1.54, 1.807) is 55.6 Å². The number of hydrogen-bond donors (Lipinski definition) is 1. The summed E-state index contributed by atoms with van der Waals surface area (Å²) in [6.45, 7) is 3.18. The number of rotatable bonds is 7. The number of carbonyl (C=O) groups is 3. The van der Waals surface area contributed by atoms with Crippen LogP contribution in [0.1, 0.15) is 30.6 Å². The van der Waals surface area contributed by atoms with Gasteiger partial charge in [-0.2, -0.15) is 0 Å². The van der Waals surface area contributed by atoms with Gasteiger partial charge in [0.15, 0.2) is 5.78 Å². The average Bonchev–Trinajstić information content (AvgIpc) is 2.62. The van der Waals surface area contributed by atoms with Gasteiger partial charge in [0.2, 0.25) is 11.8 Å². The van der Waals surface area contributed by atoms with Crippen molar-refractivity contribution in [2.24, 2.45) is 0 Å². The molecule has 0 bridgehead atoms. The summed E-state index contributed by atoms with van der Waals surface area (Å²) >= 11 is 0. The fourth-order valence-electron chi connectivity index (χ4n) is 2.48. The molecule has 6 heteroatoms. The Bertz CT molecular complexity index is 800. The van der Waals surface area contributed by atoms with Gasteiger partial charge in [0.25, 0.3) is 0 Å². The van der Waals surface area contributed by atoms with E-state index in [2.05, 4.69) is 5.32 Å². The first-order valence-corrected chi connectivity index (χ1v) is 8.23. The molecule has 0 spiro atoms. The van der Waals surface area contributed by atoms with Crippen LogP contribution < -0.4 is 15.0 Å². The molecule has 0 saturated heterocycles. The molecule has 6 nitrogen and oxygen atoms in total. The lowest BCUT2D eigenvalue weighted by Crippen LogP contribution is -2.31. The zero-order valence-corrected chi connectivity index (χ0v) is 15.1. The lowest BCUT2D eigenvalue weighted by Gasteiger charge is -2.21. The summed E-state index contributed by atoms with van der Waals surface area (Å²) in [7, 11) is 1.57. The van der Waals surface area contributed by atoms with Gasteiger partial charge in [0.05, 0.1) is 7.11 Å². The van der Waals surface area contributed by atoms with Gasteiger partial charge >= 0.3 is 0 Å². The first-order chi connectivity index (χ1) is 12.4. The van der Waals surface area contributed by atoms with E-state index in [0.717, 1.165) is 0 Å². The summed E-state index contributed by atoms with van der Waals surface area (Å²) in [5.41, 5.74) is 1.79. The highest BCUT2D eigenvalue weighted by Crippen LogP contribution is 2.20. The fraction of sp³-hybridized carbons (Fsp3) is 0.250. The number of nitrogens with one attached hydrogen (secondary N) is 1. The lowest BCUT2D eigenvalue weighted by molar-refractivity contribution is -0.117. The van der Waals surface area contributed by atoms with Gasteiger partial charge in [-0.1, -0.05) is 12.1 Å². The number of ether oxygens (including phenoxy) is 1. The van der Waals surface area contributed by atoms with Crippen molar-refractivity contribution in [1.82, 2.24) is 0 Å². The molecule has 0 saturated carbocycles. The number of nitrogens with zero attached hydrogens (tertiary/aromatic N) is 1. The predicted octanol–water partition coefficient (Wildman–Crippen LogP) is 3.28. The summed E-state index contributed by atoms with van der Waals surface area (Å²) < 4.78 is 5.11. The summed E-state index contributed by atoms with van der Waals surface area (Å²) in [5.74, 6) is 0.246. The third-order valence-corrected chi connectivity index (χ3v) is 3.88. The van der Waals surface area contributed by atoms with Crippen LogP contribution in [0.5, 0.6) is 5.75 Å². The molecule has 26 heavy (non-hydrogen) atoms. The van der Waals surface area contributed by atoms with Crippen LogP contribution in [-0.4, -0.2) is 31.3 Å². The largest absolute Gasteiger partial charge is 0.497 e. The molecular formula is C20H22N2O4. The van der Waals surface area contributed by atoms with Gasteiger partial charge in [0, 0.05) is 36.8 Å². The monoisotopic (exact) mass is 354 g/mol. The second-order valence-corrected chi connectivity index (χ2v) is 5.80. The van der Waals surface area contributed by atoms with Crippen molar-refractivity contribution in [1.29, 1.82) is 0 Å². The highest BCUT2D eigenvalue weighted by Gasteiger charge is 2.14. The smallest absolute Gasteiger partial charge is 0.226 e. The Morgan fingerprint density at radius 3 is 2.31 bits per heavy atom. The van der Waals surface area contributed by atoms with Gasteiger partial charge < -0.3 is 15.0 Å². The zero-order valence-electron chi connectivity index (χ0n) is 15.1. The second-order valence-electron chi connectivity index (χ2n) is 5.80.